The highest BCUT2D eigenvalue weighted by molar-refractivity contribution is 6.32. The lowest BCUT2D eigenvalue weighted by molar-refractivity contribution is 0.0958. The van der Waals surface area contributed by atoms with E-state index >= 15 is 0 Å². The highest BCUT2D eigenvalue weighted by atomic mass is 35.5. The van der Waals surface area contributed by atoms with Gasteiger partial charge < -0.3 is 10.1 Å². The van der Waals surface area contributed by atoms with E-state index in [0.29, 0.717) is 16.3 Å². The standard InChI is InChI=1S/C19H18ClNO2/c1-14-9-10-16(13-15(14)2)19(22)21-11-5-6-12-23-18-8-4-3-7-17(18)20/h3-4,7-10,13H,11-12H2,1-2H3,(H,21,22). The van der Waals surface area contributed by atoms with E-state index in [0.717, 1.165) is 11.1 Å². The number of para-hydroxylation sites is 1. The number of ether oxygens (including phenoxy) is 1. The zero-order valence-corrected chi connectivity index (χ0v) is 13.9. The van der Waals surface area contributed by atoms with Crippen molar-refractivity contribution in [2.24, 2.45) is 0 Å². The van der Waals surface area contributed by atoms with Gasteiger partial charge in [0.15, 0.2) is 0 Å². The first kappa shape index (κ1) is 16.9. The molecule has 0 atom stereocenters. The van der Waals surface area contributed by atoms with E-state index in [2.05, 4.69) is 17.2 Å². The molecule has 1 N–H and O–H groups in total. The van der Waals surface area contributed by atoms with Crippen LogP contribution in [-0.2, 0) is 0 Å². The lowest BCUT2D eigenvalue weighted by atomic mass is 10.1. The number of benzene rings is 2. The van der Waals surface area contributed by atoms with Crippen molar-refractivity contribution in [2.75, 3.05) is 13.2 Å². The molecular formula is C19H18ClNO2. The SMILES string of the molecule is Cc1ccc(C(=O)NCC#CCOc2ccccc2Cl)cc1C. The summed E-state index contributed by atoms with van der Waals surface area (Å²) >= 11 is 5.97. The summed E-state index contributed by atoms with van der Waals surface area (Å²) in [6.45, 7) is 4.50. The second kappa shape index (κ2) is 8.26. The summed E-state index contributed by atoms with van der Waals surface area (Å²) in [5, 5.41) is 3.31. The first-order chi connectivity index (χ1) is 11.1. The Morgan fingerprint density at radius 1 is 1.13 bits per heavy atom. The number of hydrogen-bond acceptors (Lipinski definition) is 2. The molecule has 0 aliphatic rings. The first-order valence-corrected chi connectivity index (χ1v) is 7.64. The molecule has 2 rings (SSSR count). The van der Waals surface area contributed by atoms with Crippen molar-refractivity contribution in [1.82, 2.24) is 5.32 Å². The maximum atomic E-state index is 12.0. The number of nitrogens with one attached hydrogen (secondary N) is 1. The molecule has 0 fully saturated rings. The molecule has 0 spiro atoms. The van der Waals surface area contributed by atoms with Gasteiger partial charge >= 0.3 is 0 Å². The Kier molecular flexibility index (Phi) is 6.08. The Labute approximate surface area is 141 Å². The molecule has 1 amide bonds. The number of halogens is 1. The lowest BCUT2D eigenvalue weighted by Crippen LogP contribution is -2.23. The van der Waals surface area contributed by atoms with Crippen LogP contribution in [0.4, 0.5) is 0 Å². The quantitative estimate of drug-likeness (QED) is 0.868. The zero-order valence-electron chi connectivity index (χ0n) is 13.2. The van der Waals surface area contributed by atoms with Gasteiger partial charge in [-0.1, -0.05) is 41.6 Å². The number of carbonyl (C=O) groups is 1. The molecule has 0 aliphatic carbocycles. The van der Waals surface area contributed by atoms with E-state index < -0.39 is 0 Å². The van der Waals surface area contributed by atoms with Crippen LogP contribution in [0.3, 0.4) is 0 Å². The minimum atomic E-state index is -0.130. The van der Waals surface area contributed by atoms with Gasteiger partial charge in [-0.3, -0.25) is 4.79 Å². The van der Waals surface area contributed by atoms with Crippen LogP contribution in [0.25, 0.3) is 0 Å². The Morgan fingerprint density at radius 3 is 2.65 bits per heavy atom. The predicted molar refractivity (Wildman–Crippen MR) is 93.0 cm³/mol. The summed E-state index contributed by atoms with van der Waals surface area (Å²) in [6.07, 6.45) is 0. The van der Waals surface area contributed by atoms with E-state index in [-0.39, 0.29) is 19.1 Å². The van der Waals surface area contributed by atoms with Gasteiger partial charge in [0, 0.05) is 5.56 Å². The molecular weight excluding hydrogens is 310 g/mol. The van der Waals surface area contributed by atoms with Crippen LogP contribution in [0, 0.1) is 25.7 Å². The molecule has 0 radical (unpaired) electrons. The second-order valence-corrected chi connectivity index (χ2v) is 5.46. The molecule has 2 aromatic carbocycles. The number of carbonyl (C=O) groups excluding carboxylic acids is 1. The molecule has 118 valence electrons. The van der Waals surface area contributed by atoms with Crippen LogP contribution >= 0.6 is 11.6 Å². The molecule has 0 bridgehead atoms. The van der Waals surface area contributed by atoms with Crippen molar-refractivity contribution in [3.8, 4) is 17.6 Å². The highest BCUT2D eigenvalue weighted by Crippen LogP contribution is 2.22. The Morgan fingerprint density at radius 2 is 1.91 bits per heavy atom. The first-order valence-electron chi connectivity index (χ1n) is 7.26. The zero-order chi connectivity index (χ0) is 16.7. The molecule has 0 aliphatic heterocycles. The van der Waals surface area contributed by atoms with Crippen molar-refractivity contribution < 1.29 is 9.53 Å². The topological polar surface area (TPSA) is 38.3 Å². The highest BCUT2D eigenvalue weighted by Gasteiger charge is 2.04. The van der Waals surface area contributed by atoms with Crippen LogP contribution < -0.4 is 10.1 Å². The van der Waals surface area contributed by atoms with E-state index in [1.807, 2.05) is 44.2 Å². The lowest BCUT2D eigenvalue weighted by Gasteiger charge is -2.05. The minimum absolute atomic E-state index is 0.130. The molecule has 0 heterocycles. The van der Waals surface area contributed by atoms with Gasteiger partial charge in [-0.15, -0.1) is 0 Å². The fourth-order valence-electron chi connectivity index (χ4n) is 1.90. The predicted octanol–water partition coefficient (Wildman–Crippen LogP) is 3.77. The van der Waals surface area contributed by atoms with Crippen molar-refractivity contribution in [2.45, 2.75) is 13.8 Å². The van der Waals surface area contributed by atoms with E-state index in [1.54, 1.807) is 12.1 Å². The van der Waals surface area contributed by atoms with Gasteiger partial charge in [-0.2, -0.15) is 0 Å². The van der Waals surface area contributed by atoms with Gasteiger partial charge in [0.2, 0.25) is 0 Å². The monoisotopic (exact) mass is 327 g/mol. The molecule has 0 saturated carbocycles. The molecule has 3 nitrogen and oxygen atoms in total. The second-order valence-electron chi connectivity index (χ2n) is 5.05. The average molecular weight is 328 g/mol. The van der Waals surface area contributed by atoms with Crippen LogP contribution in [0.15, 0.2) is 42.5 Å². The molecule has 23 heavy (non-hydrogen) atoms. The molecule has 0 unspecified atom stereocenters. The fraction of sp³-hybridized carbons (Fsp3) is 0.211. The van der Waals surface area contributed by atoms with Crippen molar-refractivity contribution in [1.29, 1.82) is 0 Å². The number of rotatable bonds is 4. The summed E-state index contributed by atoms with van der Waals surface area (Å²) in [6, 6.07) is 12.8. The average Bonchev–Trinajstić information content (AvgIpc) is 2.54. The fourth-order valence-corrected chi connectivity index (χ4v) is 2.09. The van der Waals surface area contributed by atoms with Gasteiger partial charge in [-0.05, 0) is 49.2 Å². The van der Waals surface area contributed by atoms with Gasteiger partial charge in [-0.25, -0.2) is 0 Å². The number of aryl methyl sites for hydroxylation is 2. The van der Waals surface area contributed by atoms with Crippen LogP contribution in [-0.4, -0.2) is 19.1 Å². The third kappa shape index (κ3) is 5.05. The maximum absolute atomic E-state index is 12.0. The van der Waals surface area contributed by atoms with Gasteiger partial charge in [0.1, 0.15) is 12.4 Å². The van der Waals surface area contributed by atoms with Gasteiger partial charge in [0.25, 0.3) is 5.91 Å². The van der Waals surface area contributed by atoms with Crippen molar-refractivity contribution >= 4 is 17.5 Å². The van der Waals surface area contributed by atoms with Crippen LogP contribution in [0.2, 0.25) is 5.02 Å². The summed E-state index contributed by atoms with van der Waals surface area (Å²) in [4.78, 5) is 12.0. The van der Waals surface area contributed by atoms with Crippen LogP contribution in [0.1, 0.15) is 21.5 Å². The van der Waals surface area contributed by atoms with E-state index in [9.17, 15) is 4.79 Å². The summed E-state index contributed by atoms with van der Waals surface area (Å²) < 4.78 is 5.44. The van der Waals surface area contributed by atoms with Crippen molar-refractivity contribution in [3.63, 3.8) is 0 Å². The van der Waals surface area contributed by atoms with E-state index in [1.165, 1.54) is 0 Å². The Hall–Kier alpha value is -2.44. The third-order valence-corrected chi connectivity index (χ3v) is 3.68. The smallest absolute Gasteiger partial charge is 0.252 e. The normalized spacial score (nSPS) is 9.70. The van der Waals surface area contributed by atoms with Gasteiger partial charge in [0.05, 0.1) is 11.6 Å². The minimum Gasteiger partial charge on any atom is -0.479 e. The maximum Gasteiger partial charge on any atom is 0.252 e. The number of hydrogen-bond donors (Lipinski definition) is 1. The van der Waals surface area contributed by atoms with Crippen LogP contribution in [0.5, 0.6) is 5.75 Å². The molecule has 0 aromatic heterocycles. The summed E-state index contributed by atoms with van der Waals surface area (Å²) in [7, 11) is 0. The van der Waals surface area contributed by atoms with Crippen molar-refractivity contribution in [3.05, 3.63) is 64.2 Å². The molecule has 4 heteroatoms. The number of amides is 1. The Balaban J connectivity index is 1.78. The third-order valence-electron chi connectivity index (χ3n) is 3.37. The summed E-state index contributed by atoms with van der Waals surface area (Å²) in [5.74, 6) is 6.16. The summed E-state index contributed by atoms with van der Waals surface area (Å²) in [5.41, 5.74) is 2.90. The molecule has 0 saturated heterocycles. The largest absolute Gasteiger partial charge is 0.479 e. The molecule has 2 aromatic rings. The Bertz CT molecular complexity index is 759. The van der Waals surface area contributed by atoms with E-state index in [4.69, 9.17) is 16.3 Å².